The largest absolute Gasteiger partial charge is 0.395 e. The molecular formula is C25H29N3O5. The first kappa shape index (κ1) is 24.2. The number of hydrogen-bond donors (Lipinski definition) is 4. The number of rotatable bonds is 11. The number of hydrogen-bond acceptors (Lipinski definition) is 6. The minimum absolute atomic E-state index is 0.0838. The molecular weight excluding hydrogens is 422 g/mol. The van der Waals surface area contributed by atoms with Crippen molar-refractivity contribution in [2.24, 2.45) is 0 Å². The molecule has 4 N–H and O–H groups in total. The number of amides is 2. The molecule has 8 nitrogen and oxygen atoms in total. The third-order valence-corrected chi connectivity index (χ3v) is 5.44. The van der Waals surface area contributed by atoms with E-state index in [0.29, 0.717) is 41.1 Å². The first-order valence-electron chi connectivity index (χ1n) is 11.0. The molecule has 0 fully saturated rings. The molecule has 2 aromatic rings. The molecule has 3 rings (SSSR count). The van der Waals surface area contributed by atoms with Crippen LogP contribution in [0.1, 0.15) is 41.3 Å². The third kappa shape index (κ3) is 5.85. The fourth-order valence-electron chi connectivity index (χ4n) is 3.79. The SMILES string of the molecule is CC(=O)c1ccc2c(c1)/C(=C(/NCCCC(=O)N(CCO)CCO)c1ccccc1)C(=O)N2. The number of aliphatic hydroxyl groups is 2. The molecule has 0 aromatic heterocycles. The van der Waals surface area contributed by atoms with Crippen LogP contribution in [0.2, 0.25) is 0 Å². The lowest BCUT2D eigenvalue weighted by atomic mass is 9.97. The van der Waals surface area contributed by atoms with Gasteiger partial charge in [-0.1, -0.05) is 30.3 Å². The zero-order valence-electron chi connectivity index (χ0n) is 18.6. The Labute approximate surface area is 192 Å². The number of carbonyl (C=O) groups excluding carboxylic acids is 3. The molecule has 0 bridgehead atoms. The second-order valence-electron chi connectivity index (χ2n) is 7.75. The van der Waals surface area contributed by atoms with Crippen LogP contribution in [0, 0.1) is 0 Å². The highest BCUT2D eigenvalue weighted by atomic mass is 16.3. The minimum atomic E-state index is -0.259. The highest BCUT2D eigenvalue weighted by molar-refractivity contribution is 6.36. The van der Waals surface area contributed by atoms with Crippen LogP contribution in [0.15, 0.2) is 48.5 Å². The van der Waals surface area contributed by atoms with Crippen LogP contribution in [0.4, 0.5) is 5.69 Å². The second-order valence-corrected chi connectivity index (χ2v) is 7.75. The van der Waals surface area contributed by atoms with Crippen LogP contribution in [0.25, 0.3) is 11.3 Å². The van der Waals surface area contributed by atoms with Gasteiger partial charge in [0.2, 0.25) is 5.91 Å². The van der Waals surface area contributed by atoms with Gasteiger partial charge < -0.3 is 25.7 Å². The van der Waals surface area contributed by atoms with Gasteiger partial charge in [0.1, 0.15) is 0 Å². The maximum Gasteiger partial charge on any atom is 0.258 e. The van der Waals surface area contributed by atoms with E-state index in [0.717, 1.165) is 5.56 Å². The van der Waals surface area contributed by atoms with Crippen molar-refractivity contribution in [1.29, 1.82) is 0 Å². The van der Waals surface area contributed by atoms with Gasteiger partial charge in [-0.05, 0) is 37.1 Å². The number of benzene rings is 2. The molecule has 2 amide bonds. The van der Waals surface area contributed by atoms with Crippen molar-refractivity contribution in [3.8, 4) is 0 Å². The number of Topliss-reactive ketones (excluding diaryl/α,β-unsaturated/α-hetero) is 1. The highest BCUT2D eigenvalue weighted by Gasteiger charge is 2.29. The summed E-state index contributed by atoms with van der Waals surface area (Å²) in [5.74, 6) is -0.492. The van der Waals surface area contributed by atoms with Gasteiger partial charge in [-0.15, -0.1) is 0 Å². The van der Waals surface area contributed by atoms with Crippen LogP contribution >= 0.6 is 0 Å². The zero-order valence-corrected chi connectivity index (χ0v) is 18.6. The molecule has 1 aliphatic heterocycles. The lowest BCUT2D eigenvalue weighted by Crippen LogP contribution is -2.36. The average molecular weight is 452 g/mol. The maximum atomic E-state index is 12.9. The summed E-state index contributed by atoms with van der Waals surface area (Å²) in [6, 6.07) is 14.6. The molecule has 174 valence electrons. The van der Waals surface area contributed by atoms with Crippen LogP contribution in [-0.2, 0) is 9.59 Å². The van der Waals surface area contributed by atoms with Crippen molar-refractivity contribution in [1.82, 2.24) is 10.2 Å². The summed E-state index contributed by atoms with van der Waals surface area (Å²) in [5.41, 5.74) is 3.72. The predicted octanol–water partition coefficient (Wildman–Crippen LogP) is 1.89. The molecule has 1 heterocycles. The Bertz CT molecular complexity index is 1040. The molecule has 0 radical (unpaired) electrons. The summed E-state index contributed by atoms with van der Waals surface area (Å²) in [7, 11) is 0. The summed E-state index contributed by atoms with van der Waals surface area (Å²) in [4.78, 5) is 38.6. The van der Waals surface area contributed by atoms with Crippen molar-refractivity contribution in [3.63, 3.8) is 0 Å². The molecule has 1 aliphatic rings. The van der Waals surface area contributed by atoms with Gasteiger partial charge in [-0.3, -0.25) is 14.4 Å². The van der Waals surface area contributed by atoms with Gasteiger partial charge in [0.15, 0.2) is 5.78 Å². The molecule has 0 aliphatic carbocycles. The lowest BCUT2D eigenvalue weighted by Gasteiger charge is -2.21. The Morgan fingerprint density at radius 3 is 2.33 bits per heavy atom. The first-order chi connectivity index (χ1) is 16.0. The Balaban J connectivity index is 1.84. The van der Waals surface area contributed by atoms with Crippen molar-refractivity contribution >= 4 is 34.6 Å². The number of fused-ring (bicyclic) bond motifs is 1. The average Bonchev–Trinajstić information content (AvgIpc) is 3.14. The predicted molar refractivity (Wildman–Crippen MR) is 126 cm³/mol. The first-order valence-corrected chi connectivity index (χ1v) is 11.0. The van der Waals surface area contributed by atoms with Crippen molar-refractivity contribution in [3.05, 3.63) is 65.2 Å². The summed E-state index contributed by atoms with van der Waals surface area (Å²) < 4.78 is 0. The molecule has 0 spiro atoms. The van der Waals surface area contributed by atoms with Gasteiger partial charge in [-0.2, -0.15) is 0 Å². The third-order valence-electron chi connectivity index (χ3n) is 5.44. The van der Waals surface area contributed by atoms with E-state index in [9.17, 15) is 14.4 Å². The van der Waals surface area contributed by atoms with Gasteiger partial charge >= 0.3 is 0 Å². The van der Waals surface area contributed by atoms with E-state index in [1.54, 1.807) is 18.2 Å². The standard InChI is InChI=1S/C25H29N3O5/c1-17(31)19-9-10-21-20(16-19)23(25(33)27-21)24(18-6-3-2-4-7-18)26-11-5-8-22(32)28(12-14-29)13-15-30/h2-4,6-7,9-10,16,26,29-30H,5,8,11-15H2,1H3,(H,27,33)/b24-23-. The molecule has 0 unspecified atom stereocenters. The Morgan fingerprint density at radius 1 is 1.00 bits per heavy atom. The molecule has 8 heteroatoms. The molecule has 2 aromatic carbocycles. The highest BCUT2D eigenvalue weighted by Crippen LogP contribution is 2.36. The van der Waals surface area contributed by atoms with Gasteiger partial charge in [-0.25, -0.2) is 0 Å². The summed E-state index contributed by atoms with van der Waals surface area (Å²) >= 11 is 0. The number of carbonyl (C=O) groups is 3. The Morgan fingerprint density at radius 2 is 1.70 bits per heavy atom. The number of nitrogens with zero attached hydrogens (tertiary/aromatic N) is 1. The van der Waals surface area contributed by atoms with Crippen molar-refractivity contribution in [2.75, 3.05) is 38.2 Å². The van der Waals surface area contributed by atoms with E-state index in [1.807, 2.05) is 30.3 Å². The van der Waals surface area contributed by atoms with Crippen LogP contribution < -0.4 is 10.6 Å². The summed E-state index contributed by atoms with van der Waals surface area (Å²) in [5, 5.41) is 24.4. The summed E-state index contributed by atoms with van der Waals surface area (Å²) in [6.07, 6.45) is 0.736. The fourth-order valence-corrected chi connectivity index (χ4v) is 3.79. The quantitative estimate of drug-likeness (QED) is 0.235. The number of ketones is 1. The van der Waals surface area contributed by atoms with Gasteiger partial charge in [0, 0.05) is 42.9 Å². The van der Waals surface area contributed by atoms with Gasteiger partial charge in [0.25, 0.3) is 5.91 Å². The second kappa shape index (κ2) is 11.4. The minimum Gasteiger partial charge on any atom is -0.395 e. The van der Waals surface area contributed by atoms with Crippen molar-refractivity contribution in [2.45, 2.75) is 19.8 Å². The van der Waals surface area contributed by atoms with Crippen LogP contribution in [-0.4, -0.2) is 65.6 Å². The number of nitrogens with one attached hydrogen (secondary N) is 2. The molecule has 0 atom stereocenters. The fraction of sp³-hybridized carbons (Fsp3) is 0.320. The van der Waals surface area contributed by atoms with E-state index in [2.05, 4.69) is 10.6 Å². The van der Waals surface area contributed by atoms with Crippen LogP contribution in [0.3, 0.4) is 0 Å². The molecule has 0 saturated heterocycles. The molecule has 33 heavy (non-hydrogen) atoms. The topological polar surface area (TPSA) is 119 Å². The normalized spacial score (nSPS) is 13.8. The van der Waals surface area contributed by atoms with E-state index >= 15 is 0 Å². The maximum absolute atomic E-state index is 12.9. The van der Waals surface area contributed by atoms with Gasteiger partial charge in [0.05, 0.1) is 24.5 Å². The van der Waals surface area contributed by atoms with E-state index in [4.69, 9.17) is 10.2 Å². The smallest absolute Gasteiger partial charge is 0.258 e. The van der Waals surface area contributed by atoms with E-state index in [1.165, 1.54) is 11.8 Å². The lowest BCUT2D eigenvalue weighted by molar-refractivity contribution is -0.132. The summed E-state index contributed by atoms with van der Waals surface area (Å²) in [6.45, 7) is 1.96. The number of anilines is 1. The molecule has 0 saturated carbocycles. The van der Waals surface area contributed by atoms with Crippen molar-refractivity contribution < 1.29 is 24.6 Å². The Hall–Kier alpha value is -3.49. The zero-order chi connectivity index (χ0) is 23.8. The van der Waals surface area contributed by atoms with E-state index in [-0.39, 0.29) is 50.3 Å². The van der Waals surface area contributed by atoms with E-state index < -0.39 is 0 Å². The monoisotopic (exact) mass is 451 g/mol. The van der Waals surface area contributed by atoms with Crippen LogP contribution in [0.5, 0.6) is 0 Å². The number of aliphatic hydroxyl groups excluding tert-OH is 2. The Kier molecular flexibility index (Phi) is 8.34.